The van der Waals surface area contributed by atoms with E-state index in [1.54, 1.807) is 12.0 Å². The van der Waals surface area contributed by atoms with Gasteiger partial charge in [-0.25, -0.2) is 4.79 Å². The molecule has 2 aliphatic heterocycles. The molecule has 1 aromatic carbocycles. The number of carbonyl (C=O) groups is 1. The highest BCUT2D eigenvalue weighted by atomic mass is 16.5. The fourth-order valence-corrected chi connectivity index (χ4v) is 3.12. The number of methoxy groups -OCH3 is 1. The molecule has 1 aromatic rings. The Morgan fingerprint density at radius 3 is 3.05 bits per heavy atom. The van der Waals surface area contributed by atoms with E-state index >= 15 is 0 Å². The van der Waals surface area contributed by atoms with E-state index in [0.717, 1.165) is 24.2 Å². The number of nitrogens with one attached hydrogen (secondary N) is 1. The summed E-state index contributed by atoms with van der Waals surface area (Å²) in [5, 5.41) is 3.07. The Bertz CT molecular complexity index is 546. The van der Waals surface area contributed by atoms with Gasteiger partial charge in [0.1, 0.15) is 0 Å². The molecule has 3 rings (SSSR count). The number of carbonyl (C=O) groups excluding carboxylic acids is 1. The summed E-state index contributed by atoms with van der Waals surface area (Å²) in [6, 6.07) is 5.72. The van der Waals surface area contributed by atoms with Crippen LogP contribution >= 0.6 is 0 Å². The maximum Gasteiger partial charge on any atom is 0.320 e. The number of para-hydroxylation sites is 1. The van der Waals surface area contributed by atoms with Crippen molar-refractivity contribution < 1.29 is 14.3 Å². The molecule has 2 amide bonds. The minimum atomic E-state index is -0.607. The first kappa shape index (κ1) is 13.1. The number of hydrogen-bond donors (Lipinski definition) is 1. The van der Waals surface area contributed by atoms with Gasteiger partial charge in [-0.3, -0.25) is 4.90 Å². The molecule has 2 heterocycles. The molecule has 2 unspecified atom stereocenters. The molecule has 5 heteroatoms. The van der Waals surface area contributed by atoms with Crippen molar-refractivity contribution in [3.05, 3.63) is 23.8 Å². The number of amides is 2. The van der Waals surface area contributed by atoms with Gasteiger partial charge in [-0.15, -0.1) is 0 Å². The van der Waals surface area contributed by atoms with Crippen LogP contribution in [-0.2, 0) is 0 Å². The summed E-state index contributed by atoms with van der Waals surface area (Å²) < 4.78 is 11.6. The lowest BCUT2D eigenvalue weighted by Gasteiger charge is -2.50. The van der Waals surface area contributed by atoms with Gasteiger partial charge >= 0.3 is 6.03 Å². The van der Waals surface area contributed by atoms with Crippen LogP contribution in [0.2, 0.25) is 0 Å². The molecule has 2 atom stereocenters. The molecule has 2 bridgehead atoms. The standard InChI is InChI=1S/C15H20N2O3/c1-4-8-17-14(18)16-11-9-15(17,2)20-13-10(11)6-5-7-12(13)19-3/h5-7,11H,4,8-9H2,1-3H3,(H,16,18). The van der Waals surface area contributed by atoms with Gasteiger partial charge in [0.15, 0.2) is 17.2 Å². The fraction of sp³-hybridized carbons (Fsp3) is 0.533. The lowest BCUT2D eigenvalue weighted by Crippen LogP contribution is -2.64. The van der Waals surface area contributed by atoms with E-state index < -0.39 is 5.72 Å². The van der Waals surface area contributed by atoms with Crippen molar-refractivity contribution in [3.8, 4) is 11.5 Å². The largest absolute Gasteiger partial charge is 0.493 e. The van der Waals surface area contributed by atoms with Crippen LogP contribution in [0.1, 0.15) is 38.3 Å². The van der Waals surface area contributed by atoms with Crippen LogP contribution in [0.25, 0.3) is 0 Å². The molecule has 1 N–H and O–H groups in total. The monoisotopic (exact) mass is 276 g/mol. The topological polar surface area (TPSA) is 50.8 Å². The molecule has 0 aliphatic carbocycles. The highest BCUT2D eigenvalue weighted by Gasteiger charge is 2.49. The van der Waals surface area contributed by atoms with Gasteiger partial charge in [-0.05, 0) is 19.4 Å². The lowest BCUT2D eigenvalue weighted by molar-refractivity contribution is -0.0849. The molecular weight excluding hydrogens is 256 g/mol. The molecule has 0 spiro atoms. The van der Waals surface area contributed by atoms with Crippen LogP contribution in [-0.4, -0.2) is 30.3 Å². The molecule has 108 valence electrons. The average molecular weight is 276 g/mol. The zero-order valence-corrected chi connectivity index (χ0v) is 12.1. The predicted octanol–water partition coefficient (Wildman–Crippen LogP) is 2.67. The highest BCUT2D eigenvalue weighted by molar-refractivity contribution is 5.77. The summed E-state index contributed by atoms with van der Waals surface area (Å²) >= 11 is 0. The van der Waals surface area contributed by atoms with Crippen LogP contribution < -0.4 is 14.8 Å². The lowest BCUT2D eigenvalue weighted by atomic mass is 9.90. The second-order valence-corrected chi connectivity index (χ2v) is 5.51. The van der Waals surface area contributed by atoms with Crippen LogP contribution in [0.4, 0.5) is 4.79 Å². The Hall–Kier alpha value is -1.91. The van der Waals surface area contributed by atoms with Crippen molar-refractivity contribution in [3.63, 3.8) is 0 Å². The SMILES string of the molecule is CCCN1C(=O)NC2CC1(C)Oc1c(OC)cccc12. The van der Waals surface area contributed by atoms with E-state index in [1.165, 1.54) is 0 Å². The number of benzene rings is 1. The van der Waals surface area contributed by atoms with Gasteiger partial charge < -0.3 is 14.8 Å². The Morgan fingerprint density at radius 2 is 2.35 bits per heavy atom. The molecule has 20 heavy (non-hydrogen) atoms. The maximum absolute atomic E-state index is 12.3. The molecule has 0 radical (unpaired) electrons. The average Bonchev–Trinajstić information content (AvgIpc) is 2.42. The molecule has 1 saturated heterocycles. The normalized spacial score (nSPS) is 27.4. The quantitative estimate of drug-likeness (QED) is 0.923. The summed E-state index contributed by atoms with van der Waals surface area (Å²) in [4.78, 5) is 14.0. The number of nitrogens with zero attached hydrogens (tertiary/aromatic N) is 1. The molecule has 5 nitrogen and oxygen atoms in total. The van der Waals surface area contributed by atoms with Gasteiger partial charge in [0.2, 0.25) is 0 Å². The van der Waals surface area contributed by atoms with E-state index in [1.807, 2.05) is 25.1 Å². The molecular formula is C15H20N2O3. The molecule has 0 saturated carbocycles. The number of rotatable bonds is 3. The van der Waals surface area contributed by atoms with Crippen molar-refractivity contribution in [1.29, 1.82) is 0 Å². The summed E-state index contributed by atoms with van der Waals surface area (Å²) in [5.41, 5.74) is 0.385. The number of fused-ring (bicyclic) bond motifs is 4. The maximum atomic E-state index is 12.3. The highest BCUT2D eigenvalue weighted by Crippen LogP contribution is 2.47. The van der Waals surface area contributed by atoms with Gasteiger partial charge in [0.05, 0.1) is 13.2 Å². The van der Waals surface area contributed by atoms with Crippen LogP contribution in [0.5, 0.6) is 11.5 Å². The third kappa shape index (κ3) is 1.80. The first-order chi connectivity index (χ1) is 9.59. The smallest absolute Gasteiger partial charge is 0.320 e. The van der Waals surface area contributed by atoms with Crippen LogP contribution in [0.3, 0.4) is 0 Å². The van der Waals surface area contributed by atoms with E-state index in [4.69, 9.17) is 9.47 Å². The second kappa shape index (κ2) is 4.58. The van der Waals surface area contributed by atoms with Crippen molar-refractivity contribution in [2.75, 3.05) is 13.7 Å². The van der Waals surface area contributed by atoms with E-state index in [0.29, 0.717) is 12.3 Å². The van der Waals surface area contributed by atoms with Gasteiger partial charge in [-0.2, -0.15) is 0 Å². The number of hydrogen-bond acceptors (Lipinski definition) is 3. The zero-order valence-electron chi connectivity index (χ0n) is 12.1. The predicted molar refractivity (Wildman–Crippen MR) is 74.9 cm³/mol. The van der Waals surface area contributed by atoms with Gasteiger partial charge in [0, 0.05) is 18.5 Å². The number of ether oxygens (including phenoxy) is 2. The zero-order chi connectivity index (χ0) is 14.3. The summed E-state index contributed by atoms with van der Waals surface area (Å²) in [5.74, 6) is 1.46. The molecule has 0 aromatic heterocycles. The summed E-state index contributed by atoms with van der Waals surface area (Å²) in [6.45, 7) is 4.71. The fourth-order valence-electron chi connectivity index (χ4n) is 3.12. The van der Waals surface area contributed by atoms with E-state index in [-0.39, 0.29) is 12.1 Å². The van der Waals surface area contributed by atoms with Gasteiger partial charge in [-0.1, -0.05) is 19.1 Å². The minimum absolute atomic E-state index is 0.0144. The summed E-state index contributed by atoms with van der Waals surface area (Å²) in [7, 11) is 1.63. The number of urea groups is 1. The van der Waals surface area contributed by atoms with E-state index in [2.05, 4.69) is 12.2 Å². The van der Waals surface area contributed by atoms with E-state index in [9.17, 15) is 4.79 Å². The third-order valence-electron chi connectivity index (χ3n) is 4.07. The van der Waals surface area contributed by atoms with Crippen LogP contribution in [0, 0.1) is 0 Å². The van der Waals surface area contributed by atoms with Crippen molar-refractivity contribution >= 4 is 6.03 Å². The third-order valence-corrected chi connectivity index (χ3v) is 4.07. The first-order valence-corrected chi connectivity index (χ1v) is 7.03. The summed E-state index contributed by atoms with van der Waals surface area (Å²) in [6.07, 6.45) is 1.65. The van der Waals surface area contributed by atoms with Crippen molar-refractivity contribution in [1.82, 2.24) is 10.2 Å². The Morgan fingerprint density at radius 1 is 1.55 bits per heavy atom. The second-order valence-electron chi connectivity index (χ2n) is 5.51. The molecule has 1 fully saturated rings. The van der Waals surface area contributed by atoms with Crippen molar-refractivity contribution in [2.24, 2.45) is 0 Å². The molecule has 2 aliphatic rings. The minimum Gasteiger partial charge on any atom is -0.493 e. The van der Waals surface area contributed by atoms with Crippen LogP contribution in [0.15, 0.2) is 18.2 Å². The Balaban J connectivity index is 2.06. The first-order valence-electron chi connectivity index (χ1n) is 7.03. The Kier molecular flexibility index (Phi) is 3.00. The van der Waals surface area contributed by atoms with Crippen molar-refractivity contribution in [2.45, 2.75) is 38.5 Å². The Labute approximate surface area is 118 Å². The van der Waals surface area contributed by atoms with Gasteiger partial charge in [0.25, 0.3) is 0 Å².